The van der Waals surface area contributed by atoms with Crippen LogP contribution >= 0.6 is 0 Å². The number of piperazine rings is 1. The maximum atomic E-state index is 12.4. The van der Waals surface area contributed by atoms with Gasteiger partial charge in [-0.25, -0.2) is 4.79 Å². The van der Waals surface area contributed by atoms with Gasteiger partial charge in [-0.3, -0.25) is 4.90 Å². The van der Waals surface area contributed by atoms with E-state index in [4.69, 9.17) is 0 Å². The molecule has 0 radical (unpaired) electrons. The summed E-state index contributed by atoms with van der Waals surface area (Å²) >= 11 is 0. The van der Waals surface area contributed by atoms with Crippen LogP contribution in [0.4, 0.5) is 36.8 Å². The van der Waals surface area contributed by atoms with Gasteiger partial charge < -0.3 is 10.2 Å². The average molecular weight is 355 g/mol. The molecule has 1 heterocycles. The number of nitrogens with one attached hydrogen (secondary N) is 1. The van der Waals surface area contributed by atoms with Crippen LogP contribution in [0, 0.1) is 0 Å². The van der Waals surface area contributed by atoms with Gasteiger partial charge in [0.05, 0.1) is 12.1 Å². The van der Waals surface area contributed by atoms with Gasteiger partial charge in [-0.1, -0.05) is 0 Å². The van der Waals surface area contributed by atoms with Gasteiger partial charge in [-0.2, -0.15) is 26.3 Å². The third-order valence-electron chi connectivity index (χ3n) is 3.53. The Morgan fingerprint density at radius 1 is 0.958 bits per heavy atom. The molecule has 1 saturated heterocycles. The Bertz CT molecular complexity index is 561. The molecular formula is C14H15F6N3O. The molecule has 0 saturated carbocycles. The Balaban J connectivity index is 1.85. The molecule has 1 fully saturated rings. The van der Waals surface area contributed by atoms with E-state index < -0.39 is 30.5 Å². The third kappa shape index (κ3) is 5.29. The van der Waals surface area contributed by atoms with Crippen molar-refractivity contribution in [3.8, 4) is 0 Å². The molecule has 1 aliphatic heterocycles. The summed E-state index contributed by atoms with van der Waals surface area (Å²) in [6.07, 6.45) is -8.75. The molecule has 1 aliphatic rings. The van der Waals surface area contributed by atoms with Crippen LogP contribution in [-0.4, -0.2) is 54.7 Å². The van der Waals surface area contributed by atoms with Crippen molar-refractivity contribution in [2.24, 2.45) is 0 Å². The fourth-order valence-electron chi connectivity index (χ4n) is 2.31. The lowest BCUT2D eigenvalue weighted by Gasteiger charge is -2.34. The number of nitrogens with zero attached hydrogens (tertiary/aromatic N) is 2. The van der Waals surface area contributed by atoms with E-state index in [1.54, 1.807) is 0 Å². The molecule has 10 heteroatoms. The van der Waals surface area contributed by atoms with Crippen LogP contribution in [0.15, 0.2) is 24.3 Å². The maximum Gasteiger partial charge on any atom is 0.416 e. The highest BCUT2D eigenvalue weighted by Gasteiger charge is 2.33. The van der Waals surface area contributed by atoms with Gasteiger partial charge in [0.2, 0.25) is 0 Å². The normalized spacial score (nSPS) is 17.0. The number of anilines is 1. The number of alkyl halides is 6. The SMILES string of the molecule is O=C(Nc1ccc(C(F)(F)F)cc1)N1CCN(CC(F)(F)F)CC1. The highest BCUT2D eigenvalue weighted by Crippen LogP contribution is 2.29. The van der Waals surface area contributed by atoms with Crippen molar-refractivity contribution in [1.29, 1.82) is 0 Å². The molecule has 1 aromatic rings. The van der Waals surface area contributed by atoms with Crippen LogP contribution in [0.1, 0.15) is 5.56 Å². The second-order valence-corrected chi connectivity index (χ2v) is 5.38. The lowest BCUT2D eigenvalue weighted by atomic mass is 10.2. The van der Waals surface area contributed by atoms with Crippen molar-refractivity contribution in [2.75, 3.05) is 38.0 Å². The largest absolute Gasteiger partial charge is 0.416 e. The maximum absolute atomic E-state index is 12.4. The van der Waals surface area contributed by atoms with Crippen molar-refractivity contribution >= 4 is 11.7 Å². The van der Waals surface area contributed by atoms with Gasteiger partial charge in [0.15, 0.2) is 0 Å². The number of hydrogen-bond donors (Lipinski definition) is 1. The predicted octanol–water partition coefficient (Wildman–Crippen LogP) is 3.42. The highest BCUT2D eigenvalue weighted by molar-refractivity contribution is 5.89. The summed E-state index contributed by atoms with van der Waals surface area (Å²) in [4.78, 5) is 14.5. The second-order valence-electron chi connectivity index (χ2n) is 5.38. The van der Waals surface area contributed by atoms with E-state index in [0.717, 1.165) is 24.3 Å². The number of amides is 2. The molecule has 1 N–H and O–H groups in total. The zero-order chi connectivity index (χ0) is 18.0. The summed E-state index contributed by atoms with van der Waals surface area (Å²) in [7, 11) is 0. The van der Waals surface area contributed by atoms with Crippen molar-refractivity contribution in [1.82, 2.24) is 9.80 Å². The molecule has 134 valence electrons. The fourth-order valence-corrected chi connectivity index (χ4v) is 2.31. The van der Waals surface area contributed by atoms with Crippen molar-refractivity contribution < 1.29 is 31.1 Å². The zero-order valence-electron chi connectivity index (χ0n) is 12.4. The predicted molar refractivity (Wildman–Crippen MR) is 74.5 cm³/mol. The molecule has 24 heavy (non-hydrogen) atoms. The summed E-state index contributed by atoms with van der Waals surface area (Å²) in [6.45, 7) is -0.633. The van der Waals surface area contributed by atoms with Crippen LogP contribution < -0.4 is 5.32 Å². The molecule has 0 unspecified atom stereocenters. The van der Waals surface area contributed by atoms with Crippen LogP contribution in [0.25, 0.3) is 0 Å². The topological polar surface area (TPSA) is 35.6 Å². The minimum atomic E-state index is -4.46. The van der Waals surface area contributed by atoms with Gasteiger partial charge >= 0.3 is 18.4 Å². The Kier molecular flexibility index (Phi) is 5.26. The number of halogens is 6. The van der Waals surface area contributed by atoms with E-state index in [2.05, 4.69) is 5.32 Å². The summed E-state index contributed by atoms with van der Waals surface area (Å²) in [5.41, 5.74) is -0.646. The Hall–Kier alpha value is -1.97. The fraction of sp³-hybridized carbons (Fsp3) is 0.500. The van der Waals surface area contributed by atoms with Gasteiger partial charge in [0.25, 0.3) is 0 Å². The van der Waals surface area contributed by atoms with Crippen molar-refractivity contribution in [3.05, 3.63) is 29.8 Å². The van der Waals surface area contributed by atoms with Gasteiger partial charge in [-0.05, 0) is 24.3 Å². The summed E-state index contributed by atoms with van der Waals surface area (Å²) in [5, 5.41) is 2.43. The number of hydrogen-bond acceptors (Lipinski definition) is 2. The summed E-state index contributed by atoms with van der Waals surface area (Å²) in [5.74, 6) is 0. The van der Waals surface area contributed by atoms with E-state index in [1.807, 2.05) is 0 Å². The molecule has 0 bridgehead atoms. The van der Waals surface area contributed by atoms with E-state index in [9.17, 15) is 31.1 Å². The second kappa shape index (κ2) is 6.88. The highest BCUT2D eigenvalue weighted by atomic mass is 19.4. The molecular weight excluding hydrogens is 340 g/mol. The molecule has 0 spiro atoms. The number of carbonyl (C=O) groups excluding carboxylic acids is 1. The lowest BCUT2D eigenvalue weighted by molar-refractivity contribution is -0.148. The lowest BCUT2D eigenvalue weighted by Crippen LogP contribution is -2.51. The van der Waals surface area contributed by atoms with Crippen LogP contribution in [-0.2, 0) is 6.18 Å². The van der Waals surface area contributed by atoms with Crippen LogP contribution in [0.5, 0.6) is 0 Å². The van der Waals surface area contributed by atoms with E-state index >= 15 is 0 Å². The quantitative estimate of drug-likeness (QED) is 0.826. The Morgan fingerprint density at radius 2 is 1.50 bits per heavy atom. The molecule has 0 aromatic heterocycles. The first kappa shape index (κ1) is 18.4. The van der Waals surface area contributed by atoms with Gasteiger partial charge in [0.1, 0.15) is 0 Å². The molecule has 4 nitrogen and oxygen atoms in total. The molecule has 2 rings (SSSR count). The number of urea groups is 1. The summed E-state index contributed by atoms with van der Waals surface area (Å²) in [6, 6.07) is 3.39. The van der Waals surface area contributed by atoms with Crippen molar-refractivity contribution in [2.45, 2.75) is 12.4 Å². The molecule has 0 aliphatic carbocycles. The van der Waals surface area contributed by atoms with E-state index in [-0.39, 0.29) is 31.9 Å². The van der Waals surface area contributed by atoms with Crippen LogP contribution in [0.3, 0.4) is 0 Å². The van der Waals surface area contributed by atoms with Crippen LogP contribution in [0.2, 0.25) is 0 Å². The monoisotopic (exact) mass is 355 g/mol. The van der Waals surface area contributed by atoms with E-state index in [0.29, 0.717) is 0 Å². The first-order valence-corrected chi connectivity index (χ1v) is 7.07. The first-order chi connectivity index (χ1) is 11.0. The minimum Gasteiger partial charge on any atom is -0.322 e. The number of benzene rings is 1. The van der Waals surface area contributed by atoms with Gasteiger partial charge in [0, 0.05) is 31.9 Å². The standard InChI is InChI=1S/C14H15F6N3O/c15-13(16,17)9-22-5-7-23(8-6-22)12(24)21-11-3-1-10(2-4-11)14(18,19)20/h1-4H,5-9H2,(H,21,24). The third-order valence-corrected chi connectivity index (χ3v) is 3.53. The smallest absolute Gasteiger partial charge is 0.322 e. The Labute approximate surface area is 134 Å². The molecule has 2 amide bonds. The number of rotatable bonds is 2. The number of carbonyl (C=O) groups is 1. The molecule has 1 aromatic carbocycles. The first-order valence-electron chi connectivity index (χ1n) is 7.07. The molecule has 0 atom stereocenters. The summed E-state index contributed by atoms with van der Waals surface area (Å²) < 4.78 is 74.2. The average Bonchev–Trinajstić information content (AvgIpc) is 2.46. The zero-order valence-corrected chi connectivity index (χ0v) is 12.4. The Morgan fingerprint density at radius 3 is 1.96 bits per heavy atom. The van der Waals surface area contributed by atoms with E-state index in [1.165, 1.54) is 9.80 Å². The van der Waals surface area contributed by atoms with Crippen molar-refractivity contribution in [3.63, 3.8) is 0 Å². The minimum absolute atomic E-state index is 0.0833. The van der Waals surface area contributed by atoms with Gasteiger partial charge in [-0.15, -0.1) is 0 Å².